The lowest BCUT2D eigenvalue weighted by Crippen LogP contribution is -2.18. The summed E-state index contributed by atoms with van der Waals surface area (Å²) in [5.74, 6) is 0.642. The number of amides is 1. The van der Waals surface area contributed by atoms with Crippen molar-refractivity contribution in [3.63, 3.8) is 0 Å². The summed E-state index contributed by atoms with van der Waals surface area (Å²) in [6, 6.07) is 8.04. The molecule has 1 amide bonds. The molecule has 0 unspecified atom stereocenters. The zero-order valence-electron chi connectivity index (χ0n) is 16.3. The summed E-state index contributed by atoms with van der Waals surface area (Å²) in [6.45, 7) is 4.13. The predicted octanol–water partition coefficient (Wildman–Crippen LogP) is 2.70. The highest BCUT2D eigenvalue weighted by Crippen LogP contribution is 2.19. The number of H-pyrrole nitrogens is 1. The molecular weight excluding hydrogens is 374 g/mol. The van der Waals surface area contributed by atoms with Crippen LogP contribution in [0.25, 0.3) is 11.4 Å². The molecule has 0 aliphatic carbocycles. The Hall–Kier alpha value is -2.78. The molecule has 0 radical (unpaired) electrons. The van der Waals surface area contributed by atoms with Crippen LogP contribution in [0.3, 0.4) is 0 Å². The van der Waals surface area contributed by atoms with E-state index >= 15 is 0 Å². The molecule has 0 fully saturated rings. The van der Waals surface area contributed by atoms with Crippen molar-refractivity contribution in [1.29, 1.82) is 0 Å². The van der Waals surface area contributed by atoms with Gasteiger partial charge in [0, 0.05) is 31.3 Å². The van der Waals surface area contributed by atoms with E-state index in [1.165, 1.54) is 0 Å². The molecule has 8 nitrogen and oxygen atoms in total. The molecule has 0 aliphatic heterocycles. The Balaban J connectivity index is 1.61. The Kier molecular flexibility index (Phi) is 6.37. The Morgan fingerprint density at radius 3 is 2.89 bits per heavy atom. The number of hydrogen-bond donors (Lipinski definition) is 2. The van der Waals surface area contributed by atoms with E-state index < -0.39 is 0 Å². The molecule has 2 N–H and O–H groups in total. The predicted molar refractivity (Wildman–Crippen MR) is 112 cm³/mol. The zero-order chi connectivity index (χ0) is 20.1. The van der Waals surface area contributed by atoms with Crippen molar-refractivity contribution in [3.05, 3.63) is 47.0 Å². The molecule has 1 aromatic carbocycles. The van der Waals surface area contributed by atoms with Crippen LogP contribution in [0, 0.1) is 11.7 Å². The quantitative estimate of drug-likeness (QED) is 0.569. The third kappa shape index (κ3) is 5.14. The van der Waals surface area contributed by atoms with Gasteiger partial charge in [-0.25, -0.2) is 0 Å². The molecule has 2 aromatic heterocycles. The fourth-order valence-corrected chi connectivity index (χ4v) is 3.04. The van der Waals surface area contributed by atoms with Crippen LogP contribution in [0.1, 0.15) is 12.0 Å². The number of benzene rings is 1. The number of rotatable bonds is 8. The summed E-state index contributed by atoms with van der Waals surface area (Å²) in [7, 11) is 4.02. The van der Waals surface area contributed by atoms with E-state index in [0.717, 1.165) is 30.0 Å². The highest BCUT2D eigenvalue weighted by Gasteiger charge is 2.11. The number of nitrogens with one attached hydrogen (secondary N) is 2. The second-order valence-electron chi connectivity index (χ2n) is 6.97. The normalized spacial score (nSPS) is 11.1. The Labute approximate surface area is 169 Å². The third-order valence-electron chi connectivity index (χ3n) is 4.29. The maximum absolute atomic E-state index is 12.4. The summed E-state index contributed by atoms with van der Waals surface area (Å²) in [5.41, 5.74) is 2.80. The van der Waals surface area contributed by atoms with Gasteiger partial charge in [0.15, 0.2) is 10.6 Å². The molecule has 3 rings (SSSR count). The largest absolute Gasteiger partial charge is 0.323 e. The van der Waals surface area contributed by atoms with Crippen molar-refractivity contribution < 1.29 is 4.79 Å². The number of nitrogens with zero attached hydrogens (tertiary/aromatic N) is 5. The van der Waals surface area contributed by atoms with Gasteiger partial charge in [0.2, 0.25) is 5.91 Å². The highest BCUT2D eigenvalue weighted by atomic mass is 32.1. The van der Waals surface area contributed by atoms with Crippen molar-refractivity contribution in [2.45, 2.75) is 26.4 Å². The number of aromatic nitrogens is 5. The molecule has 148 valence electrons. The minimum absolute atomic E-state index is 0.0922. The summed E-state index contributed by atoms with van der Waals surface area (Å²) in [5, 5.41) is 14.3. The molecule has 3 aromatic rings. The Morgan fingerprint density at radius 2 is 2.14 bits per heavy atom. The SMILES string of the molecule is Cc1cccc(-c2n[nH]c(=S)n2CCC(=O)Nc2cnn(CCN(C)C)c2)c1. The minimum atomic E-state index is -0.0922. The summed E-state index contributed by atoms with van der Waals surface area (Å²) < 4.78 is 4.17. The van der Waals surface area contributed by atoms with E-state index in [0.29, 0.717) is 17.0 Å². The summed E-state index contributed by atoms with van der Waals surface area (Å²) in [4.78, 5) is 14.4. The van der Waals surface area contributed by atoms with Gasteiger partial charge in [-0.3, -0.25) is 19.1 Å². The number of anilines is 1. The fourth-order valence-electron chi connectivity index (χ4n) is 2.82. The van der Waals surface area contributed by atoms with Crippen LogP contribution in [0.15, 0.2) is 36.7 Å². The van der Waals surface area contributed by atoms with E-state index in [9.17, 15) is 4.79 Å². The van der Waals surface area contributed by atoms with Gasteiger partial charge >= 0.3 is 0 Å². The van der Waals surface area contributed by atoms with Gasteiger partial charge in [0.1, 0.15) is 0 Å². The number of aryl methyl sites for hydroxylation is 1. The first-order valence-corrected chi connectivity index (χ1v) is 9.52. The van der Waals surface area contributed by atoms with Crippen LogP contribution in [0.4, 0.5) is 5.69 Å². The smallest absolute Gasteiger partial charge is 0.226 e. The standard InChI is InChI=1S/C19H25N7OS/c1-14-5-4-6-15(11-14)18-22-23-19(28)26(18)8-7-17(27)21-16-12-20-25(13-16)10-9-24(2)3/h4-6,11-13H,7-10H2,1-3H3,(H,21,27)(H,23,28). The maximum Gasteiger partial charge on any atom is 0.226 e. The van der Waals surface area contributed by atoms with Crippen LogP contribution in [-0.2, 0) is 17.9 Å². The maximum atomic E-state index is 12.4. The van der Waals surface area contributed by atoms with E-state index in [1.54, 1.807) is 6.20 Å². The van der Waals surface area contributed by atoms with E-state index in [4.69, 9.17) is 12.2 Å². The first-order chi connectivity index (χ1) is 13.4. The lowest BCUT2D eigenvalue weighted by Gasteiger charge is -2.09. The van der Waals surface area contributed by atoms with Crippen molar-refractivity contribution in [3.8, 4) is 11.4 Å². The van der Waals surface area contributed by atoms with Gasteiger partial charge < -0.3 is 10.2 Å². The number of likely N-dealkylation sites (N-methyl/N-ethyl adjacent to an activating group) is 1. The summed E-state index contributed by atoms with van der Waals surface area (Å²) in [6.07, 6.45) is 3.79. The van der Waals surface area contributed by atoms with Gasteiger partial charge in [0.25, 0.3) is 0 Å². The number of carbonyl (C=O) groups is 1. The Bertz CT molecular complexity index is 1000. The molecule has 0 atom stereocenters. The van der Waals surface area contributed by atoms with Crippen LogP contribution in [0.5, 0.6) is 0 Å². The molecule has 0 saturated carbocycles. The monoisotopic (exact) mass is 399 g/mol. The molecular formula is C19H25N7OS. The van der Waals surface area contributed by atoms with Gasteiger partial charge in [0.05, 0.1) is 18.4 Å². The van der Waals surface area contributed by atoms with E-state index in [-0.39, 0.29) is 12.3 Å². The number of aromatic amines is 1. The molecule has 0 bridgehead atoms. The van der Waals surface area contributed by atoms with E-state index in [1.807, 2.05) is 60.7 Å². The van der Waals surface area contributed by atoms with Gasteiger partial charge in [-0.2, -0.15) is 10.2 Å². The van der Waals surface area contributed by atoms with Gasteiger partial charge in [-0.05, 0) is 39.3 Å². The molecule has 0 aliphatic rings. The fraction of sp³-hybridized carbons (Fsp3) is 0.368. The lowest BCUT2D eigenvalue weighted by molar-refractivity contribution is -0.116. The Morgan fingerprint density at radius 1 is 1.32 bits per heavy atom. The molecule has 2 heterocycles. The highest BCUT2D eigenvalue weighted by molar-refractivity contribution is 7.71. The molecule has 9 heteroatoms. The van der Waals surface area contributed by atoms with Gasteiger partial charge in [-0.1, -0.05) is 23.8 Å². The lowest BCUT2D eigenvalue weighted by atomic mass is 10.1. The van der Waals surface area contributed by atoms with Crippen molar-refractivity contribution >= 4 is 23.8 Å². The van der Waals surface area contributed by atoms with E-state index in [2.05, 4.69) is 25.5 Å². The van der Waals surface area contributed by atoms with Crippen molar-refractivity contribution in [2.75, 3.05) is 26.0 Å². The molecule has 28 heavy (non-hydrogen) atoms. The van der Waals surface area contributed by atoms with Crippen molar-refractivity contribution in [1.82, 2.24) is 29.4 Å². The number of carbonyl (C=O) groups excluding carboxylic acids is 1. The topological polar surface area (TPSA) is 83.8 Å². The second-order valence-corrected chi connectivity index (χ2v) is 7.35. The average Bonchev–Trinajstić information content (AvgIpc) is 3.24. The third-order valence-corrected chi connectivity index (χ3v) is 4.60. The van der Waals surface area contributed by atoms with Gasteiger partial charge in [-0.15, -0.1) is 0 Å². The first-order valence-electron chi connectivity index (χ1n) is 9.11. The second kappa shape index (κ2) is 8.94. The average molecular weight is 400 g/mol. The molecule has 0 saturated heterocycles. The molecule has 0 spiro atoms. The zero-order valence-corrected chi connectivity index (χ0v) is 17.2. The first kappa shape index (κ1) is 20.0. The van der Waals surface area contributed by atoms with Crippen LogP contribution in [0.2, 0.25) is 0 Å². The van der Waals surface area contributed by atoms with Crippen LogP contribution < -0.4 is 5.32 Å². The minimum Gasteiger partial charge on any atom is -0.323 e. The van der Waals surface area contributed by atoms with Crippen molar-refractivity contribution in [2.24, 2.45) is 0 Å². The summed E-state index contributed by atoms with van der Waals surface area (Å²) >= 11 is 5.34. The van der Waals surface area contributed by atoms with Crippen LogP contribution >= 0.6 is 12.2 Å². The van der Waals surface area contributed by atoms with Crippen LogP contribution in [-0.4, -0.2) is 56.0 Å². The number of hydrogen-bond acceptors (Lipinski definition) is 5.